The average molecular weight is 219 g/mol. The second-order valence-corrected chi connectivity index (χ2v) is 5.07. The second-order valence-electron chi connectivity index (χ2n) is 5.07. The van der Waals surface area contributed by atoms with Crippen LogP contribution in [0.15, 0.2) is 18.2 Å². The Morgan fingerprint density at radius 2 is 1.94 bits per heavy atom. The van der Waals surface area contributed by atoms with Crippen molar-refractivity contribution in [3.8, 4) is 11.5 Å². The zero-order chi connectivity index (χ0) is 11.0. The lowest BCUT2D eigenvalue weighted by atomic mass is 9.78. The fourth-order valence-electron chi connectivity index (χ4n) is 2.37. The molecule has 3 nitrogen and oxygen atoms in total. The van der Waals surface area contributed by atoms with Gasteiger partial charge in [-0.25, -0.2) is 0 Å². The molecule has 1 saturated heterocycles. The molecule has 3 heteroatoms. The molecule has 1 N–H and O–H groups in total. The van der Waals surface area contributed by atoms with Gasteiger partial charge in [-0.05, 0) is 29.5 Å². The monoisotopic (exact) mass is 219 g/mol. The Hall–Kier alpha value is -1.22. The van der Waals surface area contributed by atoms with Gasteiger partial charge in [-0.3, -0.25) is 0 Å². The normalized spacial score (nSPS) is 21.3. The molecule has 0 aromatic heterocycles. The molecule has 2 aliphatic rings. The van der Waals surface area contributed by atoms with E-state index in [4.69, 9.17) is 9.47 Å². The summed E-state index contributed by atoms with van der Waals surface area (Å²) < 4.78 is 11.1. The van der Waals surface area contributed by atoms with Crippen LogP contribution in [0.2, 0.25) is 0 Å². The van der Waals surface area contributed by atoms with Crippen molar-refractivity contribution in [2.45, 2.75) is 13.3 Å². The summed E-state index contributed by atoms with van der Waals surface area (Å²) in [6, 6.07) is 6.30. The van der Waals surface area contributed by atoms with Gasteiger partial charge in [-0.15, -0.1) is 0 Å². The minimum atomic E-state index is 0.420. The minimum absolute atomic E-state index is 0.420. The Balaban J connectivity index is 1.80. The van der Waals surface area contributed by atoms with Gasteiger partial charge in [0.2, 0.25) is 0 Å². The van der Waals surface area contributed by atoms with E-state index in [1.807, 2.05) is 6.07 Å². The molecular formula is C13H17NO2. The van der Waals surface area contributed by atoms with Crippen LogP contribution in [0.1, 0.15) is 12.5 Å². The van der Waals surface area contributed by atoms with Crippen molar-refractivity contribution in [2.24, 2.45) is 5.41 Å². The molecule has 16 heavy (non-hydrogen) atoms. The van der Waals surface area contributed by atoms with Crippen LogP contribution < -0.4 is 14.8 Å². The van der Waals surface area contributed by atoms with E-state index in [1.54, 1.807) is 0 Å². The van der Waals surface area contributed by atoms with E-state index in [9.17, 15) is 0 Å². The van der Waals surface area contributed by atoms with E-state index < -0.39 is 0 Å². The maximum atomic E-state index is 5.59. The Kier molecular flexibility index (Phi) is 2.28. The molecule has 1 aromatic carbocycles. The van der Waals surface area contributed by atoms with E-state index in [0.29, 0.717) is 18.6 Å². The Labute approximate surface area is 95.8 Å². The largest absolute Gasteiger partial charge is 0.486 e. The molecule has 86 valence electrons. The molecule has 0 aliphatic carbocycles. The molecule has 0 spiro atoms. The quantitative estimate of drug-likeness (QED) is 0.819. The molecule has 2 heterocycles. The number of fused-ring (bicyclic) bond motifs is 1. The van der Waals surface area contributed by atoms with Crippen LogP contribution in [0.25, 0.3) is 0 Å². The number of hydrogen-bond donors (Lipinski definition) is 1. The highest BCUT2D eigenvalue weighted by molar-refractivity contribution is 5.44. The highest BCUT2D eigenvalue weighted by atomic mass is 16.6. The molecule has 0 saturated carbocycles. The summed E-state index contributed by atoms with van der Waals surface area (Å²) >= 11 is 0. The third kappa shape index (κ3) is 1.76. The topological polar surface area (TPSA) is 30.5 Å². The van der Waals surface area contributed by atoms with Crippen molar-refractivity contribution in [1.82, 2.24) is 5.32 Å². The standard InChI is InChI=1S/C13H17NO2/c1-13(8-14-9-13)7-10-2-3-11-12(6-10)16-5-4-15-11/h2-3,6,14H,4-5,7-9H2,1H3. The van der Waals surface area contributed by atoms with Crippen molar-refractivity contribution in [3.63, 3.8) is 0 Å². The fraction of sp³-hybridized carbons (Fsp3) is 0.538. The van der Waals surface area contributed by atoms with Gasteiger partial charge in [0.25, 0.3) is 0 Å². The third-order valence-corrected chi connectivity index (χ3v) is 3.34. The third-order valence-electron chi connectivity index (χ3n) is 3.34. The first-order valence-corrected chi connectivity index (χ1v) is 5.84. The summed E-state index contributed by atoms with van der Waals surface area (Å²) in [5.74, 6) is 1.78. The fourth-order valence-corrected chi connectivity index (χ4v) is 2.37. The summed E-state index contributed by atoms with van der Waals surface area (Å²) in [5.41, 5.74) is 1.76. The van der Waals surface area contributed by atoms with Crippen LogP contribution in [0.4, 0.5) is 0 Å². The smallest absolute Gasteiger partial charge is 0.161 e. The van der Waals surface area contributed by atoms with E-state index in [0.717, 1.165) is 31.0 Å². The number of ether oxygens (including phenoxy) is 2. The predicted octanol–water partition coefficient (Wildman–Crippen LogP) is 1.61. The Morgan fingerprint density at radius 1 is 1.19 bits per heavy atom. The maximum Gasteiger partial charge on any atom is 0.161 e. The van der Waals surface area contributed by atoms with E-state index >= 15 is 0 Å². The van der Waals surface area contributed by atoms with Gasteiger partial charge >= 0.3 is 0 Å². The zero-order valence-corrected chi connectivity index (χ0v) is 9.58. The zero-order valence-electron chi connectivity index (χ0n) is 9.58. The van der Waals surface area contributed by atoms with Crippen LogP contribution >= 0.6 is 0 Å². The van der Waals surface area contributed by atoms with Gasteiger partial charge in [0.15, 0.2) is 11.5 Å². The molecule has 3 rings (SSSR count). The van der Waals surface area contributed by atoms with E-state index in [1.165, 1.54) is 5.56 Å². The molecule has 1 fully saturated rings. The van der Waals surface area contributed by atoms with Crippen molar-refractivity contribution in [2.75, 3.05) is 26.3 Å². The highest BCUT2D eigenvalue weighted by Gasteiger charge is 2.31. The lowest BCUT2D eigenvalue weighted by Gasteiger charge is -2.39. The first-order valence-electron chi connectivity index (χ1n) is 5.84. The van der Waals surface area contributed by atoms with Crippen molar-refractivity contribution >= 4 is 0 Å². The van der Waals surface area contributed by atoms with E-state index in [2.05, 4.69) is 24.4 Å². The number of benzene rings is 1. The highest BCUT2D eigenvalue weighted by Crippen LogP contribution is 2.34. The lowest BCUT2D eigenvalue weighted by molar-refractivity contribution is 0.170. The summed E-state index contributed by atoms with van der Waals surface area (Å²) in [6.07, 6.45) is 1.11. The molecule has 0 radical (unpaired) electrons. The van der Waals surface area contributed by atoms with Crippen molar-refractivity contribution < 1.29 is 9.47 Å². The number of rotatable bonds is 2. The van der Waals surface area contributed by atoms with Crippen molar-refractivity contribution in [3.05, 3.63) is 23.8 Å². The average Bonchev–Trinajstić information content (AvgIpc) is 2.27. The van der Waals surface area contributed by atoms with Gasteiger partial charge in [0.05, 0.1) is 0 Å². The van der Waals surface area contributed by atoms with Gasteiger partial charge in [-0.1, -0.05) is 13.0 Å². The van der Waals surface area contributed by atoms with Crippen LogP contribution in [0.3, 0.4) is 0 Å². The van der Waals surface area contributed by atoms with Crippen LogP contribution in [-0.2, 0) is 6.42 Å². The Bertz CT molecular complexity index is 399. The summed E-state index contributed by atoms with van der Waals surface area (Å²) in [7, 11) is 0. The SMILES string of the molecule is CC1(Cc2ccc3c(c2)OCCO3)CNC1. The van der Waals surface area contributed by atoms with Gasteiger partial charge < -0.3 is 14.8 Å². The Morgan fingerprint density at radius 3 is 2.62 bits per heavy atom. The molecule has 0 amide bonds. The summed E-state index contributed by atoms with van der Waals surface area (Å²) in [6.45, 7) is 5.87. The molecule has 0 bridgehead atoms. The molecule has 1 aromatic rings. The molecule has 0 unspecified atom stereocenters. The molecule has 0 atom stereocenters. The molecule has 2 aliphatic heterocycles. The summed E-state index contributed by atoms with van der Waals surface area (Å²) in [4.78, 5) is 0. The van der Waals surface area contributed by atoms with Crippen molar-refractivity contribution in [1.29, 1.82) is 0 Å². The number of hydrogen-bond acceptors (Lipinski definition) is 3. The lowest BCUT2D eigenvalue weighted by Crippen LogP contribution is -2.52. The predicted molar refractivity (Wildman–Crippen MR) is 62.1 cm³/mol. The summed E-state index contributed by atoms with van der Waals surface area (Å²) in [5, 5.41) is 3.33. The molecular weight excluding hydrogens is 202 g/mol. The first-order chi connectivity index (χ1) is 7.75. The van der Waals surface area contributed by atoms with Crippen LogP contribution in [0, 0.1) is 5.41 Å². The van der Waals surface area contributed by atoms with Gasteiger partial charge in [0.1, 0.15) is 13.2 Å². The number of nitrogens with one attached hydrogen (secondary N) is 1. The van der Waals surface area contributed by atoms with Crippen LogP contribution in [-0.4, -0.2) is 26.3 Å². The van der Waals surface area contributed by atoms with Gasteiger partial charge in [0, 0.05) is 13.1 Å². The van der Waals surface area contributed by atoms with Gasteiger partial charge in [-0.2, -0.15) is 0 Å². The second kappa shape index (κ2) is 3.67. The van der Waals surface area contributed by atoms with Crippen LogP contribution in [0.5, 0.6) is 11.5 Å². The minimum Gasteiger partial charge on any atom is -0.486 e. The maximum absolute atomic E-state index is 5.59. The van der Waals surface area contributed by atoms with E-state index in [-0.39, 0.29) is 0 Å². The first kappa shape index (κ1) is 9.97.